The normalized spacial score (nSPS) is 11.7. The maximum absolute atomic E-state index is 13.4. The third-order valence-electron chi connectivity index (χ3n) is 3.58. The summed E-state index contributed by atoms with van der Waals surface area (Å²) in [5.74, 6) is -0.720. The van der Waals surface area contributed by atoms with Crippen LogP contribution in [0.5, 0.6) is 5.75 Å². The van der Waals surface area contributed by atoms with E-state index >= 15 is 0 Å². The number of nitrogens with zero attached hydrogens (tertiary/aromatic N) is 1. The summed E-state index contributed by atoms with van der Waals surface area (Å²) in [7, 11) is 0. The number of benzene rings is 1. The zero-order valence-corrected chi connectivity index (χ0v) is 16.7. The van der Waals surface area contributed by atoms with E-state index in [0.29, 0.717) is 18.5 Å². The molecule has 0 spiro atoms. The van der Waals surface area contributed by atoms with Crippen LogP contribution in [0.15, 0.2) is 35.0 Å². The molecule has 1 unspecified atom stereocenters. The van der Waals surface area contributed by atoms with Gasteiger partial charge in [-0.2, -0.15) is 0 Å². The molecule has 2 rings (SSSR count). The number of amides is 2. The lowest BCUT2D eigenvalue weighted by Crippen LogP contribution is -2.36. The topological polar surface area (TPSA) is 103 Å². The molecular formula is C17H19FIN3O5. The summed E-state index contributed by atoms with van der Waals surface area (Å²) in [6.07, 6.45) is 1.55. The molecule has 0 bridgehead atoms. The molecule has 2 amide bonds. The highest BCUT2D eigenvalue weighted by Crippen LogP contribution is 2.15. The van der Waals surface area contributed by atoms with Crippen LogP contribution in [0.1, 0.15) is 22.5 Å². The average molecular weight is 491 g/mol. The van der Waals surface area contributed by atoms with Gasteiger partial charge < -0.3 is 23.0 Å². The summed E-state index contributed by atoms with van der Waals surface area (Å²) >= 11 is 1.74. The van der Waals surface area contributed by atoms with Crippen molar-refractivity contribution in [2.45, 2.75) is 19.4 Å². The Balaban J connectivity index is 1.65. The van der Waals surface area contributed by atoms with Gasteiger partial charge in [-0.25, -0.2) is 4.39 Å². The lowest BCUT2D eigenvalue weighted by atomic mass is 10.2. The van der Waals surface area contributed by atoms with Crippen LogP contribution in [0.25, 0.3) is 0 Å². The van der Waals surface area contributed by atoms with Crippen LogP contribution in [0.3, 0.4) is 0 Å². The number of carbonyl (C=O) groups is 2. The summed E-state index contributed by atoms with van der Waals surface area (Å²) in [5.41, 5.74) is 0.507. The molecule has 0 aliphatic carbocycles. The Kier molecular flexibility index (Phi) is 8.45. The molecule has 2 aromatic rings. The highest BCUT2D eigenvalue weighted by Gasteiger charge is 2.14. The Bertz CT molecular complexity index is 757. The van der Waals surface area contributed by atoms with Crippen molar-refractivity contribution in [3.63, 3.8) is 0 Å². The number of carbonyl (C=O) groups excluding carboxylic acids is 2. The molecule has 1 aromatic carbocycles. The Morgan fingerprint density at radius 1 is 1.33 bits per heavy atom. The lowest BCUT2D eigenvalue weighted by molar-refractivity contribution is -0.123. The Morgan fingerprint density at radius 3 is 2.81 bits per heavy atom. The van der Waals surface area contributed by atoms with E-state index in [0.717, 1.165) is 0 Å². The summed E-state index contributed by atoms with van der Waals surface area (Å²) in [6.45, 7) is 2.00. The monoisotopic (exact) mass is 491 g/mol. The summed E-state index contributed by atoms with van der Waals surface area (Å²) < 4.78 is 28.7. The van der Waals surface area contributed by atoms with Gasteiger partial charge in [-0.3, -0.25) is 9.59 Å². The Labute approximate surface area is 169 Å². The predicted molar refractivity (Wildman–Crippen MR) is 102 cm³/mol. The zero-order valence-electron chi connectivity index (χ0n) is 14.5. The minimum atomic E-state index is -0.395. The van der Waals surface area contributed by atoms with Gasteiger partial charge in [0, 0.05) is 25.2 Å². The van der Waals surface area contributed by atoms with Crippen LogP contribution < -0.4 is 15.4 Å². The van der Waals surface area contributed by atoms with Crippen molar-refractivity contribution in [3.05, 3.63) is 47.6 Å². The SMILES string of the molecule is Cc1ccc(OCC(=O)NCCC(CNC(=O)c2ccno2)OI)cc1F. The molecule has 0 saturated carbocycles. The molecule has 10 heteroatoms. The standard InChI is InChI=1S/C17H19FIN3O5/c1-11-2-3-12(8-14(11)18)25-10-16(23)20-6-4-13(26-19)9-21-17(24)15-5-7-22-27-15/h2-3,5,7-8,13H,4,6,9-10H2,1H3,(H,20,23)(H,21,24). The fourth-order valence-electron chi connectivity index (χ4n) is 2.04. The van der Waals surface area contributed by atoms with Gasteiger partial charge in [0.05, 0.1) is 12.3 Å². The van der Waals surface area contributed by atoms with Crippen LogP contribution in [-0.4, -0.2) is 42.8 Å². The predicted octanol–water partition coefficient (Wildman–Crippen LogP) is 2.17. The molecule has 1 aromatic heterocycles. The molecule has 2 N–H and O–H groups in total. The first-order valence-corrected chi connectivity index (χ1v) is 8.99. The van der Waals surface area contributed by atoms with E-state index < -0.39 is 5.91 Å². The molecular weight excluding hydrogens is 472 g/mol. The summed E-state index contributed by atoms with van der Waals surface area (Å²) in [6, 6.07) is 5.87. The summed E-state index contributed by atoms with van der Waals surface area (Å²) in [4.78, 5) is 23.6. The van der Waals surface area contributed by atoms with Crippen LogP contribution in [0.2, 0.25) is 0 Å². The molecule has 0 fully saturated rings. The maximum atomic E-state index is 13.4. The quantitative estimate of drug-likeness (QED) is 0.494. The van der Waals surface area contributed by atoms with E-state index in [1.807, 2.05) is 0 Å². The van der Waals surface area contributed by atoms with Crippen molar-refractivity contribution in [1.82, 2.24) is 15.8 Å². The maximum Gasteiger partial charge on any atom is 0.289 e. The van der Waals surface area contributed by atoms with Crippen LogP contribution in [0.4, 0.5) is 4.39 Å². The van der Waals surface area contributed by atoms with Gasteiger partial charge in [0.25, 0.3) is 11.8 Å². The number of ether oxygens (including phenoxy) is 1. The van der Waals surface area contributed by atoms with Gasteiger partial charge >= 0.3 is 0 Å². The Hall–Kier alpha value is -2.21. The minimum Gasteiger partial charge on any atom is -0.484 e. The molecule has 0 aliphatic rings. The second kappa shape index (κ2) is 10.8. The van der Waals surface area contributed by atoms with E-state index in [-0.39, 0.29) is 42.5 Å². The van der Waals surface area contributed by atoms with Gasteiger partial charge in [-0.15, -0.1) is 0 Å². The fourth-order valence-corrected chi connectivity index (χ4v) is 2.47. The van der Waals surface area contributed by atoms with Crippen molar-refractivity contribution in [3.8, 4) is 5.75 Å². The average Bonchev–Trinajstić information content (AvgIpc) is 3.20. The first-order chi connectivity index (χ1) is 13.0. The smallest absolute Gasteiger partial charge is 0.289 e. The lowest BCUT2D eigenvalue weighted by Gasteiger charge is -2.14. The highest BCUT2D eigenvalue weighted by atomic mass is 127. The molecule has 0 radical (unpaired) electrons. The largest absolute Gasteiger partial charge is 0.484 e. The van der Waals surface area contributed by atoms with E-state index in [1.165, 1.54) is 18.3 Å². The van der Waals surface area contributed by atoms with Crippen molar-refractivity contribution in [2.75, 3.05) is 19.7 Å². The van der Waals surface area contributed by atoms with E-state index in [4.69, 9.17) is 12.3 Å². The third-order valence-corrected chi connectivity index (χ3v) is 4.30. The van der Waals surface area contributed by atoms with Crippen molar-refractivity contribution in [1.29, 1.82) is 0 Å². The van der Waals surface area contributed by atoms with Gasteiger partial charge in [0.15, 0.2) is 6.61 Å². The second-order valence-corrected chi connectivity index (χ2v) is 6.14. The van der Waals surface area contributed by atoms with Gasteiger partial charge in [0.1, 0.15) is 34.6 Å². The Morgan fingerprint density at radius 2 is 2.15 bits per heavy atom. The molecule has 1 atom stereocenters. The number of aromatic nitrogens is 1. The summed E-state index contributed by atoms with van der Waals surface area (Å²) in [5, 5.41) is 8.79. The van der Waals surface area contributed by atoms with Gasteiger partial charge in [-0.1, -0.05) is 11.2 Å². The third kappa shape index (κ3) is 7.13. The van der Waals surface area contributed by atoms with E-state index in [1.54, 1.807) is 42.1 Å². The van der Waals surface area contributed by atoms with E-state index in [9.17, 15) is 14.0 Å². The van der Waals surface area contributed by atoms with Crippen LogP contribution >= 0.6 is 23.0 Å². The van der Waals surface area contributed by atoms with Gasteiger partial charge in [0.2, 0.25) is 5.76 Å². The van der Waals surface area contributed by atoms with Crippen LogP contribution in [-0.2, 0) is 7.86 Å². The minimum absolute atomic E-state index is 0.111. The molecule has 8 nitrogen and oxygen atoms in total. The molecule has 1 heterocycles. The first-order valence-electron chi connectivity index (χ1n) is 8.11. The van der Waals surface area contributed by atoms with Gasteiger partial charge in [-0.05, 0) is 25.0 Å². The molecule has 0 saturated heterocycles. The van der Waals surface area contributed by atoms with Crippen molar-refractivity contribution < 1.29 is 26.3 Å². The zero-order chi connectivity index (χ0) is 19.6. The van der Waals surface area contributed by atoms with Crippen molar-refractivity contribution >= 4 is 34.8 Å². The molecule has 27 heavy (non-hydrogen) atoms. The second-order valence-electron chi connectivity index (χ2n) is 5.64. The number of hydrogen-bond acceptors (Lipinski definition) is 6. The van der Waals surface area contributed by atoms with Crippen LogP contribution in [0, 0.1) is 12.7 Å². The molecule has 0 aliphatic heterocycles. The number of halogens is 2. The number of aryl methyl sites for hydroxylation is 1. The van der Waals surface area contributed by atoms with Crippen molar-refractivity contribution in [2.24, 2.45) is 0 Å². The fraction of sp³-hybridized carbons (Fsp3) is 0.353. The number of rotatable bonds is 10. The molecule has 146 valence electrons. The number of nitrogens with one attached hydrogen (secondary N) is 2. The first kappa shape index (κ1) is 21.1. The highest BCUT2D eigenvalue weighted by molar-refractivity contribution is 14.1. The number of hydrogen-bond donors (Lipinski definition) is 2. The van der Waals surface area contributed by atoms with E-state index in [2.05, 4.69) is 15.8 Å².